The summed E-state index contributed by atoms with van der Waals surface area (Å²) in [5.74, 6) is 1.04. The van der Waals surface area contributed by atoms with Crippen LogP contribution < -0.4 is 15.0 Å². The molecule has 3 atom stereocenters. The van der Waals surface area contributed by atoms with Gasteiger partial charge in [0.25, 0.3) is 0 Å². The fourth-order valence-electron chi connectivity index (χ4n) is 4.90. The molecule has 2 aliphatic heterocycles. The molecule has 2 heterocycles. The highest BCUT2D eigenvalue weighted by atomic mass is 16.5. The first-order valence-corrected chi connectivity index (χ1v) is 11.0. The van der Waals surface area contributed by atoms with Crippen molar-refractivity contribution in [1.29, 1.82) is 0 Å². The molecule has 0 aromatic heterocycles. The van der Waals surface area contributed by atoms with Gasteiger partial charge in [0.05, 0.1) is 12.1 Å². The summed E-state index contributed by atoms with van der Waals surface area (Å²) < 4.78 is 5.90. The Bertz CT molecular complexity index is 883. The van der Waals surface area contributed by atoms with Crippen LogP contribution in [0.5, 0.6) is 5.75 Å². The summed E-state index contributed by atoms with van der Waals surface area (Å²) in [7, 11) is 4.00. The lowest BCUT2D eigenvalue weighted by Crippen LogP contribution is -2.57. The normalized spacial score (nSPS) is 24.3. The summed E-state index contributed by atoms with van der Waals surface area (Å²) in [4.78, 5) is 17.4. The fraction of sp³-hybridized carbons (Fsp3) is 0.480. The molecule has 2 aliphatic rings. The largest absolute Gasteiger partial charge is 0.491 e. The first-order valence-electron chi connectivity index (χ1n) is 11.0. The Morgan fingerprint density at radius 1 is 1.17 bits per heavy atom. The molecular formula is C25H33N3O2. The summed E-state index contributed by atoms with van der Waals surface area (Å²) in [6, 6.07) is 17.0. The van der Waals surface area contributed by atoms with Crippen molar-refractivity contribution in [2.75, 3.05) is 25.5 Å². The molecule has 1 N–H and O–H groups in total. The van der Waals surface area contributed by atoms with Gasteiger partial charge in [0.2, 0.25) is 5.91 Å². The third-order valence-electron chi connectivity index (χ3n) is 6.41. The number of carbonyl (C=O) groups excluding carboxylic acids is 1. The smallest absolute Gasteiger partial charge is 0.244 e. The molecule has 1 amide bonds. The number of rotatable bonds is 5. The lowest BCUT2D eigenvalue weighted by atomic mass is 9.88. The number of carbonyl (C=O) groups is 1. The molecule has 0 aliphatic carbocycles. The summed E-state index contributed by atoms with van der Waals surface area (Å²) in [5, 5.41) is 3.69. The molecule has 0 saturated carbocycles. The highest BCUT2D eigenvalue weighted by molar-refractivity contribution is 6.00. The minimum Gasteiger partial charge on any atom is -0.491 e. The molecule has 1 unspecified atom stereocenters. The second kappa shape index (κ2) is 8.78. The van der Waals surface area contributed by atoms with Crippen molar-refractivity contribution in [3.05, 3.63) is 59.7 Å². The van der Waals surface area contributed by atoms with Crippen molar-refractivity contribution in [2.45, 2.75) is 57.3 Å². The average molecular weight is 408 g/mol. The van der Waals surface area contributed by atoms with Gasteiger partial charge < -0.3 is 15.0 Å². The Balaban J connectivity index is 1.60. The lowest BCUT2D eigenvalue weighted by molar-refractivity contribution is -0.124. The summed E-state index contributed by atoms with van der Waals surface area (Å²) in [6.45, 7) is 5.08. The van der Waals surface area contributed by atoms with E-state index in [1.165, 1.54) is 11.1 Å². The molecule has 30 heavy (non-hydrogen) atoms. The summed E-state index contributed by atoms with van der Waals surface area (Å²) in [6.07, 6.45) is 3.05. The highest BCUT2D eigenvalue weighted by Gasteiger charge is 2.39. The number of amides is 1. The number of nitrogens with zero attached hydrogens (tertiary/aromatic N) is 2. The van der Waals surface area contributed by atoms with E-state index in [1.807, 2.05) is 37.9 Å². The van der Waals surface area contributed by atoms with Crippen LogP contribution in [0.3, 0.4) is 0 Å². The monoisotopic (exact) mass is 407 g/mol. The van der Waals surface area contributed by atoms with Gasteiger partial charge in [-0.15, -0.1) is 0 Å². The average Bonchev–Trinajstić information content (AvgIpc) is 2.76. The molecule has 5 heteroatoms. The maximum absolute atomic E-state index is 13.3. The molecule has 1 saturated heterocycles. The van der Waals surface area contributed by atoms with E-state index in [0.717, 1.165) is 30.8 Å². The van der Waals surface area contributed by atoms with Crippen molar-refractivity contribution in [3.63, 3.8) is 0 Å². The number of nitrogens with one attached hydrogen (secondary N) is 1. The maximum Gasteiger partial charge on any atom is 0.244 e. The van der Waals surface area contributed by atoms with Crippen molar-refractivity contribution < 1.29 is 9.53 Å². The molecule has 1 fully saturated rings. The van der Waals surface area contributed by atoms with Gasteiger partial charge in [-0.2, -0.15) is 0 Å². The molecule has 4 rings (SSSR count). The quantitative estimate of drug-likeness (QED) is 0.819. The number of hydrogen-bond acceptors (Lipinski definition) is 4. The van der Waals surface area contributed by atoms with Crippen LogP contribution in [0.4, 0.5) is 5.69 Å². The summed E-state index contributed by atoms with van der Waals surface area (Å²) in [5.41, 5.74) is 3.45. The van der Waals surface area contributed by atoms with E-state index in [9.17, 15) is 4.79 Å². The zero-order valence-electron chi connectivity index (χ0n) is 18.5. The number of benzene rings is 2. The number of piperidine rings is 1. The number of likely N-dealkylation sites (N-methyl/N-ethyl adjacent to an activating group) is 2. The Kier molecular flexibility index (Phi) is 6.11. The highest BCUT2D eigenvalue weighted by Crippen LogP contribution is 2.35. The van der Waals surface area contributed by atoms with Crippen molar-refractivity contribution in [1.82, 2.24) is 10.2 Å². The van der Waals surface area contributed by atoms with Gasteiger partial charge in [0.15, 0.2) is 0 Å². The van der Waals surface area contributed by atoms with Crippen LogP contribution in [0.1, 0.15) is 43.9 Å². The molecular weight excluding hydrogens is 374 g/mol. The molecule has 0 bridgehead atoms. The molecule has 5 nitrogen and oxygen atoms in total. The van der Waals surface area contributed by atoms with Crippen LogP contribution in [-0.4, -0.2) is 49.6 Å². The Morgan fingerprint density at radius 2 is 1.93 bits per heavy atom. The van der Waals surface area contributed by atoms with E-state index in [1.54, 1.807) is 0 Å². The van der Waals surface area contributed by atoms with Crippen LogP contribution >= 0.6 is 0 Å². The topological polar surface area (TPSA) is 44.8 Å². The first kappa shape index (κ1) is 20.9. The van der Waals surface area contributed by atoms with E-state index < -0.39 is 0 Å². The van der Waals surface area contributed by atoms with Gasteiger partial charge in [-0.1, -0.05) is 30.3 Å². The van der Waals surface area contributed by atoms with E-state index >= 15 is 0 Å². The Labute approximate surface area is 180 Å². The van der Waals surface area contributed by atoms with Crippen molar-refractivity contribution >= 4 is 11.6 Å². The van der Waals surface area contributed by atoms with Gasteiger partial charge >= 0.3 is 0 Å². The van der Waals surface area contributed by atoms with Crippen LogP contribution in [0.15, 0.2) is 48.5 Å². The Hall–Kier alpha value is -2.37. The van der Waals surface area contributed by atoms with E-state index in [2.05, 4.69) is 53.7 Å². The third kappa shape index (κ3) is 4.09. The van der Waals surface area contributed by atoms with E-state index in [0.29, 0.717) is 6.42 Å². The van der Waals surface area contributed by atoms with Crippen molar-refractivity contribution in [3.8, 4) is 5.75 Å². The molecule has 2 aromatic carbocycles. The number of fused-ring (bicyclic) bond motifs is 1. The van der Waals surface area contributed by atoms with Crippen LogP contribution in [0, 0.1) is 0 Å². The predicted octanol–water partition coefficient (Wildman–Crippen LogP) is 3.79. The van der Waals surface area contributed by atoms with Crippen molar-refractivity contribution in [2.24, 2.45) is 0 Å². The zero-order chi connectivity index (χ0) is 21.3. The van der Waals surface area contributed by atoms with Gasteiger partial charge in [-0.05, 0) is 76.0 Å². The second-order valence-corrected chi connectivity index (χ2v) is 8.79. The predicted molar refractivity (Wildman–Crippen MR) is 121 cm³/mol. The van der Waals surface area contributed by atoms with Crippen LogP contribution in [-0.2, 0) is 11.2 Å². The van der Waals surface area contributed by atoms with Gasteiger partial charge in [-0.3, -0.25) is 9.69 Å². The van der Waals surface area contributed by atoms with E-state index in [4.69, 9.17) is 4.74 Å². The minimum atomic E-state index is -0.173. The minimum absolute atomic E-state index is 0.129. The lowest BCUT2D eigenvalue weighted by Gasteiger charge is -2.44. The first-order chi connectivity index (χ1) is 14.5. The number of ether oxygens (including phenoxy) is 1. The third-order valence-corrected chi connectivity index (χ3v) is 6.41. The van der Waals surface area contributed by atoms with Gasteiger partial charge in [0.1, 0.15) is 5.75 Å². The summed E-state index contributed by atoms with van der Waals surface area (Å²) >= 11 is 0. The SMILES string of the molecule is CC(C)Oc1ccc2c(c1)CC(N(C)[C@H]1CCCN[C@H]1c1ccccc1)C(=O)N2C. The number of anilines is 1. The molecule has 160 valence electrons. The van der Waals surface area contributed by atoms with Gasteiger partial charge in [-0.25, -0.2) is 0 Å². The second-order valence-electron chi connectivity index (χ2n) is 8.79. The zero-order valence-corrected chi connectivity index (χ0v) is 18.5. The standard InChI is InChI=1S/C25H33N3O2/c1-17(2)30-20-12-13-21-19(15-20)16-23(25(29)28(21)4)27(3)22-11-8-14-26-24(22)18-9-6-5-7-10-18/h5-7,9-10,12-13,15,17,22-24,26H,8,11,14,16H2,1-4H3/t22-,23?,24-/m0/s1. The molecule has 2 aromatic rings. The molecule has 0 radical (unpaired) electrons. The number of hydrogen-bond donors (Lipinski definition) is 1. The molecule has 0 spiro atoms. The van der Waals surface area contributed by atoms with Crippen LogP contribution in [0.25, 0.3) is 0 Å². The Morgan fingerprint density at radius 3 is 2.67 bits per heavy atom. The van der Waals surface area contributed by atoms with Crippen LogP contribution in [0.2, 0.25) is 0 Å². The van der Waals surface area contributed by atoms with Gasteiger partial charge in [0, 0.05) is 24.8 Å². The maximum atomic E-state index is 13.3. The fourth-order valence-corrected chi connectivity index (χ4v) is 4.90. The van der Waals surface area contributed by atoms with E-state index in [-0.39, 0.29) is 30.1 Å².